The molecule has 0 unspecified atom stereocenters. The lowest BCUT2D eigenvalue weighted by atomic mass is 10.1. The highest BCUT2D eigenvalue weighted by molar-refractivity contribution is 6.02. The monoisotopic (exact) mass is 330 g/mol. The van der Waals surface area contributed by atoms with Crippen LogP contribution in [-0.4, -0.2) is 36.9 Å². The fraction of sp³-hybridized carbons (Fsp3) is 0.333. The number of Topliss-reactive ketones (excluding diaryl/α,β-unsaturated/α-hetero) is 1. The van der Waals surface area contributed by atoms with Gasteiger partial charge in [-0.3, -0.25) is 9.59 Å². The normalized spacial score (nSPS) is 10.3. The molecule has 128 valence electrons. The molecule has 1 aromatic carbocycles. The number of aromatic nitrogens is 1. The highest BCUT2D eigenvalue weighted by Gasteiger charge is 2.19. The molecule has 0 radical (unpaired) electrons. The van der Waals surface area contributed by atoms with Crippen LogP contribution in [0.1, 0.15) is 39.0 Å². The predicted octanol–water partition coefficient (Wildman–Crippen LogP) is 2.65. The second-order valence-electron chi connectivity index (χ2n) is 5.46. The van der Waals surface area contributed by atoms with Gasteiger partial charge in [-0.15, -0.1) is 0 Å². The fourth-order valence-electron chi connectivity index (χ4n) is 2.62. The van der Waals surface area contributed by atoms with Crippen molar-refractivity contribution in [2.24, 2.45) is 0 Å². The number of ether oxygens (including phenoxy) is 2. The van der Waals surface area contributed by atoms with Crippen LogP contribution in [0.5, 0.6) is 11.5 Å². The summed E-state index contributed by atoms with van der Waals surface area (Å²) in [7, 11) is 1.59. The Morgan fingerprint density at radius 2 is 1.92 bits per heavy atom. The second-order valence-corrected chi connectivity index (χ2v) is 5.46. The van der Waals surface area contributed by atoms with E-state index in [1.54, 1.807) is 27.0 Å². The maximum Gasteiger partial charge on any atom is 0.268 e. The molecule has 2 rings (SSSR count). The number of ketones is 1. The van der Waals surface area contributed by atoms with E-state index in [0.717, 1.165) is 0 Å². The molecule has 2 aromatic rings. The van der Waals surface area contributed by atoms with E-state index in [2.05, 4.69) is 10.3 Å². The van der Waals surface area contributed by atoms with Gasteiger partial charge in [0.25, 0.3) is 5.91 Å². The Labute approximate surface area is 141 Å². The van der Waals surface area contributed by atoms with Gasteiger partial charge in [0.1, 0.15) is 23.8 Å². The first kappa shape index (κ1) is 17.6. The summed E-state index contributed by atoms with van der Waals surface area (Å²) in [6.07, 6.45) is 0. The molecule has 1 aromatic heterocycles. The van der Waals surface area contributed by atoms with Crippen molar-refractivity contribution < 1.29 is 19.1 Å². The van der Waals surface area contributed by atoms with E-state index in [9.17, 15) is 9.59 Å². The van der Waals surface area contributed by atoms with Crippen LogP contribution >= 0.6 is 0 Å². The maximum atomic E-state index is 12.2. The number of carbonyl (C=O) groups is 2. The molecule has 2 N–H and O–H groups in total. The molecule has 1 amide bonds. The summed E-state index contributed by atoms with van der Waals surface area (Å²) in [6.45, 7) is 5.72. The van der Waals surface area contributed by atoms with Gasteiger partial charge < -0.3 is 19.8 Å². The Kier molecular flexibility index (Phi) is 5.63. The summed E-state index contributed by atoms with van der Waals surface area (Å²) < 4.78 is 10.7. The highest BCUT2D eigenvalue weighted by atomic mass is 16.5. The van der Waals surface area contributed by atoms with E-state index in [-0.39, 0.29) is 11.7 Å². The smallest absolute Gasteiger partial charge is 0.268 e. The Balaban J connectivity index is 1.90. The topological polar surface area (TPSA) is 80.4 Å². The largest absolute Gasteiger partial charge is 0.497 e. The zero-order chi connectivity index (χ0) is 17.7. The van der Waals surface area contributed by atoms with Crippen molar-refractivity contribution in [1.29, 1.82) is 0 Å². The summed E-state index contributed by atoms with van der Waals surface area (Å²) in [5, 5.41) is 2.78. The van der Waals surface area contributed by atoms with Crippen molar-refractivity contribution in [2.75, 3.05) is 20.3 Å². The summed E-state index contributed by atoms with van der Waals surface area (Å²) in [6, 6.07) is 7.26. The van der Waals surface area contributed by atoms with E-state index in [4.69, 9.17) is 9.47 Å². The van der Waals surface area contributed by atoms with Crippen LogP contribution in [-0.2, 0) is 0 Å². The third kappa shape index (κ3) is 3.95. The molecule has 0 bridgehead atoms. The first-order valence-electron chi connectivity index (χ1n) is 7.69. The van der Waals surface area contributed by atoms with Crippen molar-refractivity contribution >= 4 is 11.7 Å². The molecule has 0 fully saturated rings. The van der Waals surface area contributed by atoms with E-state index in [1.807, 2.05) is 18.2 Å². The number of hydrogen-bond donors (Lipinski definition) is 2. The number of benzene rings is 1. The average Bonchev–Trinajstić information content (AvgIpc) is 2.86. The van der Waals surface area contributed by atoms with Crippen LogP contribution in [0, 0.1) is 13.8 Å². The number of H-pyrrole nitrogens is 1. The van der Waals surface area contributed by atoms with Crippen LogP contribution in [0.4, 0.5) is 0 Å². The first-order chi connectivity index (χ1) is 11.4. The Morgan fingerprint density at radius 1 is 1.21 bits per heavy atom. The molecule has 0 saturated heterocycles. The molecule has 0 aliphatic carbocycles. The molecule has 0 aliphatic heterocycles. The summed E-state index contributed by atoms with van der Waals surface area (Å²) in [5.41, 5.74) is 2.37. The molecular formula is C18H22N2O4. The Bertz CT molecular complexity index is 749. The third-order valence-corrected chi connectivity index (χ3v) is 3.71. The zero-order valence-electron chi connectivity index (χ0n) is 14.4. The van der Waals surface area contributed by atoms with Gasteiger partial charge in [0.05, 0.1) is 13.7 Å². The SMILES string of the molecule is COc1cccc(OCCNC(=O)c2[nH]c(C)c(C(C)=O)c2C)c1. The van der Waals surface area contributed by atoms with Crippen LogP contribution in [0.25, 0.3) is 0 Å². The number of carbonyl (C=O) groups excluding carboxylic acids is 2. The maximum absolute atomic E-state index is 12.2. The number of methoxy groups -OCH3 is 1. The minimum atomic E-state index is -0.252. The van der Waals surface area contributed by atoms with Gasteiger partial charge in [-0.25, -0.2) is 0 Å². The van der Waals surface area contributed by atoms with Crippen molar-refractivity contribution in [3.05, 3.63) is 46.8 Å². The van der Waals surface area contributed by atoms with E-state index in [1.165, 1.54) is 6.92 Å². The van der Waals surface area contributed by atoms with Gasteiger partial charge in [-0.2, -0.15) is 0 Å². The van der Waals surface area contributed by atoms with Crippen molar-refractivity contribution in [3.8, 4) is 11.5 Å². The van der Waals surface area contributed by atoms with Crippen LogP contribution in [0.2, 0.25) is 0 Å². The molecule has 6 heteroatoms. The van der Waals surface area contributed by atoms with Crippen LogP contribution in [0.3, 0.4) is 0 Å². The van der Waals surface area contributed by atoms with Crippen LogP contribution < -0.4 is 14.8 Å². The molecule has 0 spiro atoms. The number of aryl methyl sites for hydroxylation is 1. The molecule has 6 nitrogen and oxygen atoms in total. The number of nitrogens with one attached hydrogen (secondary N) is 2. The highest BCUT2D eigenvalue weighted by Crippen LogP contribution is 2.19. The van der Waals surface area contributed by atoms with Crippen LogP contribution in [0.15, 0.2) is 24.3 Å². The third-order valence-electron chi connectivity index (χ3n) is 3.71. The Hall–Kier alpha value is -2.76. The summed E-state index contributed by atoms with van der Waals surface area (Å²) in [5.74, 6) is 1.08. The lowest BCUT2D eigenvalue weighted by molar-refractivity contribution is 0.0941. The lowest BCUT2D eigenvalue weighted by Gasteiger charge is -2.09. The second kappa shape index (κ2) is 7.68. The van der Waals surface area contributed by atoms with Gasteiger partial charge in [-0.1, -0.05) is 6.07 Å². The lowest BCUT2D eigenvalue weighted by Crippen LogP contribution is -2.29. The van der Waals surface area contributed by atoms with E-state index >= 15 is 0 Å². The molecular weight excluding hydrogens is 308 g/mol. The predicted molar refractivity (Wildman–Crippen MR) is 91.1 cm³/mol. The molecule has 0 atom stereocenters. The van der Waals surface area contributed by atoms with Crippen molar-refractivity contribution in [2.45, 2.75) is 20.8 Å². The summed E-state index contributed by atoms with van der Waals surface area (Å²) in [4.78, 5) is 26.8. The standard InChI is InChI=1S/C18H22N2O4/c1-11-16(13(3)21)12(2)20-17(11)18(22)19-8-9-24-15-7-5-6-14(10-15)23-4/h5-7,10,20H,8-9H2,1-4H3,(H,19,22). The Morgan fingerprint density at radius 3 is 2.54 bits per heavy atom. The van der Waals surface area contributed by atoms with Gasteiger partial charge in [0, 0.05) is 17.3 Å². The number of hydrogen-bond acceptors (Lipinski definition) is 4. The molecule has 0 saturated carbocycles. The average molecular weight is 330 g/mol. The quantitative estimate of drug-likeness (QED) is 0.604. The molecule has 1 heterocycles. The minimum absolute atomic E-state index is 0.0540. The zero-order valence-corrected chi connectivity index (χ0v) is 14.4. The number of rotatable bonds is 7. The van der Waals surface area contributed by atoms with E-state index < -0.39 is 0 Å². The van der Waals surface area contributed by atoms with Crippen molar-refractivity contribution in [1.82, 2.24) is 10.3 Å². The molecule has 0 aliphatic rings. The van der Waals surface area contributed by atoms with Gasteiger partial charge in [0.2, 0.25) is 0 Å². The van der Waals surface area contributed by atoms with Gasteiger partial charge in [-0.05, 0) is 38.5 Å². The van der Waals surface area contributed by atoms with Gasteiger partial charge in [0.15, 0.2) is 5.78 Å². The summed E-state index contributed by atoms with van der Waals surface area (Å²) >= 11 is 0. The van der Waals surface area contributed by atoms with E-state index in [0.29, 0.717) is 47.2 Å². The van der Waals surface area contributed by atoms with Crippen molar-refractivity contribution in [3.63, 3.8) is 0 Å². The minimum Gasteiger partial charge on any atom is -0.497 e. The first-order valence-corrected chi connectivity index (χ1v) is 7.69. The molecule has 24 heavy (non-hydrogen) atoms. The van der Waals surface area contributed by atoms with Gasteiger partial charge >= 0.3 is 0 Å². The fourth-order valence-corrected chi connectivity index (χ4v) is 2.62. The number of aromatic amines is 1. The number of amides is 1.